The molecule has 0 aromatic carbocycles. The summed E-state index contributed by atoms with van der Waals surface area (Å²) in [4.78, 5) is 24.8. The fraction of sp³-hybridized carbons (Fsp3) is 0.950. The molecule has 1 unspecified atom stereocenters. The Balaban J connectivity index is 1.26. The van der Waals surface area contributed by atoms with E-state index >= 15 is 0 Å². The van der Waals surface area contributed by atoms with Crippen molar-refractivity contribution in [3.63, 3.8) is 0 Å². The molecule has 0 aromatic rings. The summed E-state index contributed by atoms with van der Waals surface area (Å²) in [5.74, 6) is -1.60. The van der Waals surface area contributed by atoms with Crippen LogP contribution in [0.1, 0.15) is 20.8 Å². The van der Waals surface area contributed by atoms with Crippen LogP contribution in [0.3, 0.4) is 0 Å². The van der Waals surface area contributed by atoms with Crippen LogP contribution in [-0.2, 0) is 61.7 Å². The van der Waals surface area contributed by atoms with Crippen LogP contribution >= 0.6 is 0 Å². The van der Waals surface area contributed by atoms with E-state index in [2.05, 4.69) is 10.6 Å². The summed E-state index contributed by atoms with van der Waals surface area (Å²) in [5.41, 5.74) is 0. The number of amides is 2. The third-order valence-corrected chi connectivity index (χ3v) is 13.2. The molecule has 6 aliphatic heterocycles. The van der Waals surface area contributed by atoms with Gasteiger partial charge in [0.1, 0.15) is 140 Å². The number of rotatable bonds is 17. The van der Waals surface area contributed by atoms with Gasteiger partial charge in [0.25, 0.3) is 0 Å². The van der Waals surface area contributed by atoms with E-state index in [0.717, 1.165) is 13.8 Å². The van der Waals surface area contributed by atoms with Crippen LogP contribution < -0.4 is 10.6 Å². The molecule has 418 valence electrons. The van der Waals surface area contributed by atoms with Crippen LogP contribution in [0, 0.1) is 0 Å². The topological polar surface area (TPSA) is 504 Å². The van der Waals surface area contributed by atoms with Crippen LogP contribution in [0.2, 0.25) is 0 Å². The second kappa shape index (κ2) is 25.3. The van der Waals surface area contributed by atoms with Gasteiger partial charge in [0.15, 0.2) is 37.7 Å². The van der Waals surface area contributed by atoms with Crippen molar-refractivity contribution >= 4 is 11.8 Å². The average molecular weight is 1060 g/mol. The maximum atomic E-state index is 12.7. The predicted octanol–water partition coefficient (Wildman–Crippen LogP) is -12.8. The zero-order valence-electron chi connectivity index (χ0n) is 38.8. The Bertz CT molecular complexity index is 1730. The number of aliphatic hydroxyl groups excluding tert-OH is 17. The first kappa shape index (κ1) is 59.1. The standard InChI is InChI=1S/C40H68N2O30/c1-9-19(48)25(54)28(57)37(64-9)63-8-16-33(23(52)17(35(61)65-16)41-10(2)46)70-36-18(42-11(3)47)24(53)32(14(6-45)68-36)71-40-31(60)34(72-39-30(59)27(56)21(50)13(5-44)67-39)22(51)15(69-40)7-62-38-29(58)26(55)20(49)12(4-43)66-38/h9,12-40,43-45,48-61H,4-8H2,1-3H3,(H,41,46)(H,42,47)/t9-,12+,13+,14+,15+,16+,17+,18+,19+,20+,21+,22+,23+,24+,25+,26-,27-,28-,29-,30-,31-,32+,33+,34-,35?,36-,37+,38-,39+,40-/m0/s1. The van der Waals surface area contributed by atoms with Gasteiger partial charge in [0, 0.05) is 13.8 Å². The second-order valence-corrected chi connectivity index (χ2v) is 18.3. The highest BCUT2D eigenvalue weighted by atomic mass is 16.8. The summed E-state index contributed by atoms with van der Waals surface area (Å²) in [5, 5.41) is 186. The summed E-state index contributed by atoms with van der Waals surface area (Å²) >= 11 is 0. The van der Waals surface area contributed by atoms with Crippen LogP contribution in [0.15, 0.2) is 0 Å². The molecule has 0 radical (unpaired) electrons. The molecule has 6 fully saturated rings. The van der Waals surface area contributed by atoms with Gasteiger partial charge in [-0.05, 0) is 6.92 Å². The molecule has 6 aliphatic rings. The number of ether oxygens (including phenoxy) is 11. The van der Waals surface area contributed by atoms with Crippen molar-refractivity contribution in [2.24, 2.45) is 0 Å². The van der Waals surface area contributed by atoms with Crippen molar-refractivity contribution in [2.45, 2.75) is 205 Å². The van der Waals surface area contributed by atoms with Crippen molar-refractivity contribution in [1.82, 2.24) is 10.6 Å². The van der Waals surface area contributed by atoms with E-state index < -0.39 is 229 Å². The van der Waals surface area contributed by atoms with E-state index in [-0.39, 0.29) is 0 Å². The number of aliphatic hydroxyl groups is 17. The van der Waals surface area contributed by atoms with E-state index in [1.54, 1.807) is 0 Å². The van der Waals surface area contributed by atoms with Crippen molar-refractivity contribution in [3.8, 4) is 0 Å². The Morgan fingerprint density at radius 3 is 1.35 bits per heavy atom. The molecule has 32 heteroatoms. The van der Waals surface area contributed by atoms with Gasteiger partial charge in [0.2, 0.25) is 11.8 Å². The Morgan fingerprint density at radius 2 is 0.792 bits per heavy atom. The normalized spacial score (nSPS) is 50.3. The average Bonchev–Trinajstić information content (AvgIpc) is 3.34. The lowest BCUT2D eigenvalue weighted by Crippen LogP contribution is -2.70. The Labute approximate surface area is 408 Å². The quantitative estimate of drug-likeness (QED) is 0.0643. The highest BCUT2D eigenvalue weighted by Crippen LogP contribution is 2.36. The molecule has 19 N–H and O–H groups in total. The van der Waals surface area contributed by atoms with Gasteiger partial charge in [-0.1, -0.05) is 0 Å². The predicted molar refractivity (Wildman–Crippen MR) is 221 cm³/mol. The van der Waals surface area contributed by atoms with Gasteiger partial charge in [-0.2, -0.15) is 0 Å². The van der Waals surface area contributed by atoms with Gasteiger partial charge >= 0.3 is 0 Å². The number of hydrogen-bond donors (Lipinski definition) is 19. The first-order valence-corrected chi connectivity index (χ1v) is 23.0. The number of nitrogens with one attached hydrogen (secondary N) is 2. The highest BCUT2D eigenvalue weighted by Gasteiger charge is 2.57. The SMILES string of the molecule is CC(=O)N[C@H]1[C@H](O[C@H]2[C@H](O)[C@@H](NC(C)=O)C(O)O[C@@H]2CO[C@@H]2O[C@@H](C)[C@@H](O)[C@@H](O)[C@@H]2O)O[C@H](CO)[C@@H](O[C@@H]2O[C@H](CO[C@H]3O[C@H](CO)[C@@H](O)[C@H](O)[C@@H]3O)[C@@H](O)[C@H](O[C@H]3O[C@H](CO)[C@@H](O)[C@H](O)[C@@H]3O)[C@@H]2O)[C@@H]1O. The largest absolute Gasteiger partial charge is 0.394 e. The molecule has 2 amide bonds. The van der Waals surface area contributed by atoms with Gasteiger partial charge in [-0.25, -0.2) is 0 Å². The van der Waals surface area contributed by atoms with Crippen molar-refractivity contribution in [2.75, 3.05) is 33.0 Å². The zero-order valence-corrected chi connectivity index (χ0v) is 38.8. The van der Waals surface area contributed by atoms with Crippen LogP contribution in [0.4, 0.5) is 0 Å². The van der Waals surface area contributed by atoms with E-state index in [4.69, 9.17) is 52.1 Å². The summed E-state index contributed by atoms with van der Waals surface area (Å²) < 4.78 is 62.8. The Kier molecular flexibility index (Phi) is 20.8. The molecule has 0 saturated carbocycles. The fourth-order valence-electron chi connectivity index (χ4n) is 9.06. The van der Waals surface area contributed by atoms with Crippen molar-refractivity contribution in [3.05, 3.63) is 0 Å². The number of carbonyl (C=O) groups excluding carboxylic acids is 2. The minimum atomic E-state index is -2.23. The molecular weight excluding hydrogens is 988 g/mol. The van der Waals surface area contributed by atoms with Crippen molar-refractivity contribution in [1.29, 1.82) is 0 Å². The Morgan fingerprint density at radius 1 is 0.389 bits per heavy atom. The van der Waals surface area contributed by atoms with Gasteiger partial charge in [-0.15, -0.1) is 0 Å². The molecular formula is C40H68N2O30. The molecule has 72 heavy (non-hydrogen) atoms. The molecule has 0 aliphatic carbocycles. The minimum absolute atomic E-state index is 0.728. The highest BCUT2D eigenvalue weighted by molar-refractivity contribution is 5.73. The first-order chi connectivity index (χ1) is 33.9. The summed E-state index contributed by atoms with van der Waals surface area (Å²) in [6.45, 7) is -1.00. The van der Waals surface area contributed by atoms with Gasteiger partial charge < -0.3 is 150 Å². The molecule has 32 nitrogen and oxygen atoms in total. The smallest absolute Gasteiger partial charge is 0.217 e. The van der Waals surface area contributed by atoms with Gasteiger partial charge in [0.05, 0.1) is 39.1 Å². The number of carbonyl (C=O) groups is 2. The zero-order chi connectivity index (χ0) is 53.2. The maximum Gasteiger partial charge on any atom is 0.217 e. The third kappa shape index (κ3) is 12.8. The second-order valence-electron chi connectivity index (χ2n) is 18.3. The van der Waals surface area contributed by atoms with E-state index in [9.17, 15) is 96.4 Å². The van der Waals surface area contributed by atoms with Crippen LogP contribution in [0.25, 0.3) is 0 Å². The number of hydrogen-bond acceptors (Lipinski definition) is 30. The Hall–Kier alpha value is -2.18. The monoisotopic (exact) mass is 1060 g/mol. The molecule has 6 heterocycles. The van der Waals surface area contributed by atoms with E-state index in [0.29, 0.717) is 0 Å². The summed E-state index contributed by atoms with van der Waals surface area (Å²) in [6, 6.07) is -3.40. The lowest BCUT2D eigenvalue weighted by Gasteiger charge is -2.50. The van der Waals surface area contributed by atoms with E-state index in [1.807, 2.05) is 0 Å². The van der Waals surface area contributed by atoms with E-state index in [1.165, 1.54) is 6.92 Å². The molecule has 0 spiro atoms. The lowest BCUT2D eigenvalue weighted by molar-refractivity contribution is -0.384. The maximum absolute atomic E-state index is 12.7. The van der Waals surface area contributed by atoms with Crippen LogP contribution in [0.5, 0.6) is 0 Å². The van der Waals surface area contributed by atoms with Crippen LogP contribution in [-0.4, -0.2) is 316 Å². The molecule has 6 saturated heterocycles. The summed E-state index contributed by atoms with van der Waals surface area (Å²) in [7, 11) is 0. The van der Waals surface area contributed by atoms with Crippen molar-refractivity contribution < 1.29 is 149 Å². The minimum Gasteiger partial charge on any atom is -0.394 e. The first-order valence-electron chi connectivity index (χ1n) is 23.0. The molecule has 30 atom stereocenters. The third-order valence-electron chi connectivity index (χ3n) is 13.2. The lowest BCUT2D eigenvalue weighted by atomic mass is 9.94. The fourth-order valence-corrected chi connectivity index (χ4v) is 9.06. The molecule has 0 bridgehead atoms. The van der Waals surface area contributed by atoms with Gasteiger partial charge in [-0.3, -0.25) is 9.59 Å². The summed E-state index contributed by atoms with van der Waals surface area (Å²) in [6.07, 6.45) is -51.4. The molecule has 6 rings (SSSR count). The molecule has 0 aromatic heterocycles.